The number of allylic oxidation sites excluding steroid dienone is 2. The Kier molecular flexibility index (Phi) is 25.3. The fourth-order valence-electron chi connectivity index (χ4n) is 8.56. The molecule has 2 nitrogen and oxygen atoms in total. The Morgan fingerprint density at radius 2 is 0.648 bits per heavy atom. The van der Waals surface area contributed by atoms with Gasteiger partial charge in [-0.3, -0.25) is 0 Å². The van der Waals surface area contributed by atoms with Crippen LogP contribution in [-0.4, -0.2) is 4.70 Å². The number of aryl methyl sites for hydroxylation is 2. The van der Waals surface area contributed by atoms with Gasteiger partial charge in [-0.05, 0) is 86.8 Å². The van der Waals surface area contributed by atoms with E-state index >= 15 is 0 Å². The fourth-order valence-corrected chi connectivity index (χ4v) is 8.56. The van der Waals surface area contributed by atoms with Crippen LogP contribution >= 0.6 is 0 Å². The molecule has 2 aromatic carbocycles. The van der Waals surface area contributed by atoms with E-state index in [2.05, 4.69) is 76.2 Å². The average molecular weight is 737 g/mol. The number of nitrogens with zero attached hydrogens (tertiary/aromatic N) is 2. The van der Waals surface area contributed by atoms with E-state index in [0.717, 1.165) is 49.9 Å². The third-order valence-electron chi connectivity index (χ3n) is 12.0. The van der Waals surface area contributed by atoms with Crippen LogP contribution in [0.3, 0.4) is 0 Å². The highest BCUT2D eigenvalue weighted by atomic mass is 15.2. The van der Waals surface area contributed by atoms with Crippen LogP contribution in [0.15, 0.2) is 59.7 Å². The fraction of sp³-hybridized carbons (Fsp3) is 0.692. The number of rotatable bonds is 34. The molecule has 0 N–H and O–H groups in total. The molecule has 0 aromatic heterocycles. The first-order chi connectivity index (χ1) is 26.6. The molecular weight excluding hydrogens is 653 g/mol. The van der Waals surface area contributed by atoms with Crippen molar-refractivity contribution < 1.29 is 4.70 Å². The SMILES string of the molecule is CCCCCCCCCCCCCCCCCCCCCCCCC1=C(c2cccc(CCCC)c2)[N+](=[N-])C(c2cccc(CCCC)c2)=C1CCCC. The summed E-state index contributed by atoms with van der Waals surface area (Å²) in [5.41, 5.74) is 22.1. The van der Waals surface area contributed by atoms with Crippen molar-refractivity contribution in [3.05, 3.63) is 87.5 Å². The first kappa shape index (κ1) is 45.9. The maximum absolute atomic E-state index is 12.1. The van der Waals surface area contributed by atoms with Crippen molar-refractivity contribution in [2.24, 2.45) is 0 Å². The van der Waals surface area contributed by atoms with Gasteiger partial charge in [-0.1, -0.05) is 206 Å². The van der Waals surface area contributed by atoms with Crippen LogP contribution in [0.25, 0.3) is 16.9 Å². The molecule has 0 saturated heterocycles. The van der Waals surface area contributed by atoms with E-state index in [0.29, 0.717) is 0 Å². The van der Waals surface area contributed by atoms with Gasteiger partial charge in [0.2, 0.25) is 11.4 Å². The van der Waals surface area contributed by atoms with Crippen molar-refractivity contribution in [3.8, 4) is 0 Å². The lowest BCUT2D eigenvalue weighted by atomic mass is 9.91. The standard InChI is InChI=1S/C52H84N2/c1-5-9-13-14-15-16-17-18-19-20-21-22-23-24-25-26-27-28-29-30-31-32-42-50-49(41-12-8-4)51(47-39-33-37-45(43-47)35-10-6-2)54(53)52(50)48-40-34-38-46(44-48)36-11-7-3/h33-34,37-40,43-44H,5-32,35-36,41-42H2,1-4H3. The van der Waals surface area contributed by atoms with Gasteiger partial charge >= 0.3 is 0 Å². The zero-order valence-corrected chi connectivity index (χ0v) is 36.1. The van der Waals surface area contributed by atoms with Crippen molar-refractivity contribution in [1.82, 2.24) is 0 Å². The molecule has 2 heteroatoms. The summed E-state index contributed by atoms with van der Waals surface area (Å²) in [6, 6.07) is 18.1. The lowest BCUT2D eigenvalue weighted by Gasteiger charge is -2.11. The van der Waals surface area contributed by atoms with E-state index in [1.165, 1.54) is 200 Å². The Morgan fingerprint density at radius 1 is 0.352 bits per heavy atom. The molecule has 302 valence electrons. The Labute approximate surface area is 335 Å². The average Bonchev–Trinajstić information content (AvgIpc) is 3.47. The van der Waals surface area contributed by atoms with Crippen LogP contribution < -0.4 is 0 Å². The smallest absolute Gasteiger partial charge is 0.211 e. The molecule has 0 atom stereocenters. The second kappa shape index (κ2) is 29.8. The summed E-state index contributed by atoms with van der Waals surface area (Å²) in [6.07, 6.45) is 42.5. The Morgan fingerprint density at radius 3 is 1.00 bits per heavy atom. The molecule has 2 aromatic rings. The van der Waals surface area contributed by atoms with E-state index in [9.17, 15) is 5.53 Å². The van der Waals surface area contributed by atoms with Gasteiger partial charge in [0.15, 0.2) is 0 Å². The highest BCUT2D eigenvalue weighted by molar-refractivity contribution is 5.82. The van der Waals surface area contributed by atoms with Crippen LogP contribution in [0.1, 0.15) is 243 Å². The highest BCUT2D eigenvalue weighted by Gasteiger charge is 2.35. The topological polar surface area (TPSA) is 25.3 Å². The first-order valence-electron chi connectivity index (χ1n) is 23.8. The molecule has 0 amide bonds. The Hall–Kier alpha value is -2.48. The minimum absolute atomic E-state index is 1.02. The molecule has 3 rings (SSSR count). The molecular formula is C52H84N2. The Balaban J connectivity index is 1.45. The predicted molar refractivity (Wildman–Crippen MR) is 239 cm³/mol. The van der Waals surface area contributed by atoms with Gasteiger partial charge in [-0.25, -0.2) is 4.70 Å². The maximum Gasteiger partial charge on any atom is 0.211 e. The third-order valence-corrected chi connectivity index (χ3v) is 12.0. The quantitative estimate of drug-likeness (QED) is 0.0505. The number of hydrogen-bond acceptors (Lipinski definition) is 0. The summed E-state index contributed by atoms with van der Waals surface area (Å²) in [7, 11) is 0. The molecule has 1 aliphatic rings. The monoisotopic (exact) mass is 737 g/mol. The molecule has 0 radical (unpaired) electrons. The predicted octanol–water partition coefficient (Wildman–Crippen LogP) is 17.7. The van der Waals surface area contributed by atoms with E-state index < -0.39 is 0 Å². The number of benzene rings is 2. The Bertz CT molecular complexity index is 1350. The van der Waals surface area contributed by atoms with Crippen molar-refractivity contribution in [2.45, 2.75) is 233 Å². The summed E-state index contributed by atoms with van der Waals surface area (Å²) >= 11 is 0. The normalized spacial score (nSPS) is 13.2. The van der Waals surface area contributed by atoms with Gasteiger partial charge in [0.05, 0.1) is 0 Å². The minimum Gasteiger partial charge on any atom is -0.493 e. The molecule has 0 saturated carbocycles. The zero-order valence-electron chi connectivity index (χ0n) is 36.1. The van der Waals surface area contributed by atoms with Crippen LogP contribution in [0.5, 0.6) is 0 Å². The largest absolute Gasteiger partial charge is 0.493 e. The second-order valence-corrected chi connectivity index (χ2v) is 16.9. The van der Waals surface area contributed by atoms with Crippen molar-refractivity contribution in [1.29, 1.82) is 0 Å². The van der Waals surface area contributed by atoms with Crippen molar-refractivity contribution in [3.63, 3.8) is 0 Å². The van der Waals surface area contributed by atoms with Gasteiger partial charge in [-0.2, -0.15) is 0 Å². The zero-order chi connectivity index (χ0) is 38.5. The molecule has 1 aliphatic heterocycles. The van der Waals surface area contributed by atoms with Crippen LogP contribution in [-0.2, 0) is 12.8 Å². The van der Waals surface area contributed by atoms with Crippen molar-refractivity contribution in [2.75, 3.05) is 0 Å². The van der Waals surface area contributed by atoms with Gasteiger partial charge in [0.25, 0.3) is 0 Å². The van der Waals surface area contributed by atoms with E-state index in [1.807, 2.05) is 0 Å². The number of unbranched alkanes of at least 4 members (excludes halogenated alkanes) is 24. The second-order valence-electron chi connectivity index (χ2n) is 16.9. The summed E-state index contributed by atoms with van der Waals surface area (Å²) < 4.78 is 1.59. The van der Waals surface area contributed by atoms with E-state index in [-0.39, 0.29) is 0 Å². The molecule has 0 unspecified atom stereocenters. The van der Waals surface area contributed by atoms with Crippen molar-refractivity contribution >= 4 is 11.4 Å². The van der Waals surface area contributed by atoms with Gasteiger partial charge < -0.3 is 5.53 Å². The summed E-state index contributed by atoms with van der Waals surface area (Å²) in [5.74, 6) is 0. The maximum atomic E-state index is 12.1. The third kappa shape index (κ3) is 17.5. The van der Waals surface area contributed by atoms with Crippen LogP contribution in [0, 0.1) is 0 Å². The van der Waals surface area contributed by atoms with E-state index in [1.54, 1.807) is 4.70 Å². The van der Waals surface area contributed by atoms with E-state index in [4.69, 9.17) is 0 Å². The molecule has 54 heavy (non-hydrogen) atoms. The summed E-state index contributed by atoms with van der Waals surface area (Å²) in [4.78, 5) is 0. The van der Waals surface area contributed by atoms with Gasteiger partial charge in [0, 0.05) is 22.3 Å². The molecule has 0 aliphatic carbocycles. The lowest BCUT2D eigenvalue weighted by molar-refractivity contribution is -0.345. The molecule has 0 fully saturated rings. The first-order valence-corrected chi connectivity index (χ1v) is 23.8. The number of hydrogen-bond donors (Lipinski definition) is 0. The molecule has 0 bridgehead atoms. The molecule has 1 heterocycles. The summed E-state index contributed by atoms with van der Waals surface area (Å²) in [6.45, 7) is 9.13. The van der Waals surface area contributed by atoms with Gasteiger partial charge in [0.1, 0.15) is 0 Å². The van der Waals surface area contributed by atoms with Gasteiger partial charge in [-0.15, -0.1) is 0 Å². The molecule has 0 spiro atoms. The highest BCUT2D eigenvalue weighted by Crippen LogP contribution is 2.45. The summed E-state index contributed by atoms with van der Waals surface area (Å²) in [5, 5.41) is 0. The van der Waals surface area contributed by atoms with Crippen LogP contribution in [0.4, 0.5) is 0 Å². The minimum atomic E-state index is 1.02. The lowest BCUT2D eigenvalue weighted by Crippen LogP contribution is -2.03. The van der Waals surface area contributed by atoms with Crippen LogP contribution in [0.2, 0.25) is 0 Å².